The molecule has 1 aliphatic carbocycles. The van der Waals surface area contributed by atoms with Crippen molar-refractivity contribution < 1.29 is 13.5 Å². The number of sulfonamides is 1. The highest BCUT2D eigenvalue weighted by atomic mass is 32.2. The normalized spacial score (nSPS) is 19.9. The lowest BCUT2D eigenvalue weighted by molar-refractivity contribution is 0.129. The molecule has 0 saturated heterocycles. The summed E-state index contributed by atoms with van der Waals surface area (Å²) in [5, 5.41) is 11.5. The van der Waals surface area contributed by atoms with Crippen LogP contribution >= 0.6 is 0 Å². The third-order valence-corrected chi connectivity index (χ3v) is 7.89. The van der Waals surface area contributed by atoms with E-state index >= 15 is 0 Å². The predicted octanol–water partition coefficient (Wildman–Crippen LogP) is 5.73. The Balaban J connectivity index is 1.91. The zero-order valence-electron chi connectivity index (χ0n) is 20.4. The van der Waals surface area contributed by atoms with Gasteiger partial charge in [-0.05, 0) is 69.7 Å². The van der Waals surface area contributed by atoms with E-state index in [1.807, 2.05) is 63.3 Å². The van der Waals surface area contributed by atoms with Crippen molar-refractivity contribution in [1.82, 2.24) is 4.31 Å². The van der Waals surface area contributed by atoms with E-state index in [1.165, 1.54) is 4.31 Å². The summed E-state index contributed by atoms with van der Waals surface area (Å²) >= 11 is 0. The van der Waals surface area contributed by atoms with Crippen LogP contribution in [-0.2, 0) is 10.0 Å². The van der Waals surface area contributed by atoms with E-state index in [9.17, 15) is 13.5 Å². The van der Waals surface area contributed by atoms with Gasteiger partial charge in [-0.1, -0.05) is 84.0 Å². The minimum atomic E-state index is -3.72. The summed E-state index contributed by atoms with van der Waals surface area (Å²) in [6.07, 6.45) is 8.20. The number of hydrogen-bond acceptors (Lipinski definition) is 3. The average molecular weight is 478 g/mol. The Labute approximate surface area is 205 Å². The molecule has 0 amide bonds. The van der Waals surface area contributed by atoms with E-state index in [1.54, 1.807) is 24.3 Å². The maximum atomic E-state index is 13.3. The highest BCUT2D eigenvalue weighted by Crippen LogP contribution is 2.33. The molecule has 0 aliphatic heterocycles. The van der Waals surface area contributed by atoms with Crippen molar-refractivity contribution in [2.75, 3.05) is 13.1 Å². The van der Waals surface area contributed by atoms with Crippen LogP contribution in [-0.4, -0.2) is 36.5 Å². The van der Waals surface area contributed by atoms with Crippen molar-refractivity contribution in [2.24, 2.45) is 0 Å². The van der Waals surface area contributed by atoms with E-state index < -0.39 is 15.6 Å². The zero-order chi connectivity index (χ0) is 24.6. The van der Waals surface area contributed by atoms with Crippen LogP contribution in [0.15, 0.2) is 76.7 Å². The van der Waals surface area contributed by atoms with E-state index in [4.69, 9.17) is 0 Å². The van der Waals surface area contributed by atoms with E-state index in [2.05, 4.69) is 11.8 Å². The first-order chi connectivity index (χ1) is 16.2. The third-order valence-electron chi connectivity index (χ3n) is 6.07. The number of benzene rings is 2. The molecule has 0 radical (unpaired) electrons. The SMILES string of the molecule is CC(C)=CCN(CC#CC1(O)CCCCC/C1=C/c1ccccc1)S(=O)(=O)c1ccc(C)cc1. The summed E-state index contributed by atoms with van der Waals surface area (Å²) in [5.74, 6) is 6.10. The second kappa shape index (κ2) is 11.7. The van der Waals surface area contributed by atoms with Gasteiger partial charge in [-0.15, -0.1) is 0 Å². The van der Waals surface area contributed by atoms with Crippen molar-refractivity contribution >= 4 is 16.1 Å². The summed E-state index contributed by atoms with van der Waals surface area (Å²) < 4.78 is 28.0. The molecule has 0 heterocycles. The fourth-order valence-electron chi connectivity index (χ4n) is 3.99. The van der Waals surface area contributed by atoms with Crippen molar-refractivity contribution in [3.8, 4) is 11.8 Å². The Morgan fingerprint density at radius 2 is 1.76 bits per heavy atom. The number of nitrogens with zero attached hydrogens (tertiary/aromatic N) is 1. The molecule has 1 fully saturated rings. The number of rotatable bonds is 6. The molecule has 34 heavy (non-hydrogen) atoms. The topological polar surface area (TPSA) is 57.6 Å². The first-order valence-corrected chi connectivity index (χ1v) is 13.3. The van der Waals surface area contributed by atoms with Gasteiger partial charge in [-0.25, -0.2) is 8.42 Å². The molecule has 0 aromatic heterocycles. The largest absolute Gasteiger partial charge is 0.374 e. The number of aryl methyl sites for hydroxylation is 1. The van der Waals surface area contributed by atoms with Crippen molar-refractivity contribution in [3.05, 3.63) is 82.9 Å². The Morgan fingerprint density at radius 3 is 2.44 bits per heavy atom. The molecular weight excluding hydrogens is 442 g/mol. The van der Waals surface area contributed by atoms with Crippen LogP contribution in [0.1, 0.15) is 57.1 Å². The average Bonchev–Trinajstić information content (AvgIpc) is 2.98. The fraction of sp³-hybridized carbons (Fsp3) is 0.379. The Kier molecular flexibility index (Phi) is 8.90. The quantitative estimate of drug-likeness (QED) is 0.328. The van der Waals surface area contributed by atoms with Crippen LogP contribution < -0.4 is 0 Å². The minimum Gasteiger partial charge on any atom is -0.374 e. The van der Waals surface area contributed by atoms with Gasteiger partial charge in [0.25, 0.3) is 0 Å². The molecule has 1 unspecified atom stereocenters. The van der Waals surface area contributed by atoms with Gasteiger partial charge in [0.05, 0.1) is 11.4 Å². The second-order valence-corrected chi connectivity index (χ2v) is 11.1. The van der Waals surface area contributed by atoms with Gasteiger partial charge in [-0.3, -0.25) is 0 Å². The van der Waals surface area contributed by atoms with Crippen LogP contribution in [0.2, 0.25) is 0 Å². The van der Waals surface area contributed by atoms with Gasteiger partial charge in [-0.2, -0.15) is 4.31 Å². The highest BCUT2D eigenvalue weighted by Gasteiger charge is 2.31. The molecule has 5 heteroatoms. The molecule has 1 aliphatic rings. The van der Waals surface area contributed by atoms with Gasteiger partial charge in [0, 0.05) is 6.54 Å². The van der Waals surface area contributed by atoms with Crippen LogP contribution in [0.4, 0.5) is 0 Å². The third kappa shape index (κ3) is 6.93. The molecule has 0 bridgehead atoms. The number of aliphatic hydroxyl groups is 1. The van der Waals surface area contributed by atoms with E-state index in [0.29, 0.717) is 6.42 Å². The lowest BCUT2D eigenvalue weighted by atomic mass is 9.88. The van der Waals surface area contributed by atoms with E-state index in [0.717, 1.165) is 48.0 Å². The minimum absolute atomic E-state index is 0.0148. The van der Waals surface area contributed by atoms with Crippen molar-refractivity contribution in [1.29, 1.82) is 0 Å². The lowest BCUT2D eigenvalue weighted by Gasteiger charge is -2.24. The summed E-state index contributed by atoms with van der Waals surface area (Å²) in [7, 11) is -3.72. The van der Waals surface area contributed by atoms with Crippen LogP contribution in [0.25, 0.3) is 6.08 Å². The summed E-state index contributed by atoms with van der Waals surface area (Å²) in [5.41, 5.74) is 2.73. The van der Waals surface area contributed by atoms with E-state index in [-0.39, 0.29) is 18.0 Å². The summed E-state index contributed by atoms with van der Waals surface area (Å²) in [6, 6.07) is 16.8. The Bertz CT molecular complexity index is 1180. The molecule has 2 aromatic rings. The van der Waals surface area contributed by atoms with Crippen LogP contribution in [0.3, 0.4) is 0 Å². The van der Waals surface area contributed by atoms with Crippen molar-refractivity contribution in [3.63, 3.8) is 0 Å². The maximum Gasteiger partial charge on any atom is 0.244 e. The number of allylic oxidation sites excluding steroid dienone is 1. The molecule has 2 aromatic carbocycles. The molecular formula is C29H35NO3S. The zero-order valence-corrected chi connectivity index (χ0v) is 21.2. The van der Waals surface area contributed by atoms with Crippen LogP contribution in [0.5, 0.6) is 0 Å². The smallest absolute Gasteiger partial charge is 0.244 e. The second-order valence-electron chi connectivity index (χ2n) is 9.20. The van der Waals surface area contributed by atoms with Gasteiger partial charge in [0.1, 0.15) is 5.60 Å². The first kappa shape index (κ1) is 26.0. The lowest BCUT2D eigenvalue weighted by Crippen LogP contribution is -2.33. The first-order valence-electron chi connectivity index (χ1n) is 11.9. The Morgan fingerprint density at radius 1 is 1.06 bits per heavy atom. The summed E-state index contributed by atoms with van der Waals surface area (Å²) in [4.78, 5) is 0.250. The number of hydrogen-bond donors (Lipinski definition) is 1. The van der Waals surface area contributed by atoms with Gasteiger partial charge in [0.2, 0.25) is 10.0 Å². The highest BCUT2D eigenvalue weighted by molar-refractivity contribution is 7.89. The van der Waals surface area contributed by atoms with Gasteiger partial charge < -0.3 is 5.11 Å². The standard InChI is InChI=1S/C29H35NO3S/c1-24(2)18-22-30(34(32,33)28-16-14-25(3)15-17-28)21-10-20-29(31)19-9-5-8-13-27(29)23-26-11-6-4-7-12-26/h4,6-7,11-12,14-18,23,31H,5,8-9,13,19,21-22H2,1-3H3/b27-23-. The van der Waals surface area contributed by atoms with Crippen molar-refractivity contribution in [2.45, 2.75) is 63.4 Å². The molecule has 1 N–H and O–H groups in total. The fourth-order valence-corrected chi connectivity index (χ4v) is 5.27. The molecule has 1 saturated carbocycles. The molecule has 1 atom stereocenters. The van der Waals surface area contributed by atoms with Crippen LogP contribution in [0, 0.1) is 18.8 Å². The summed E-state index contributed by atoms with van der Waals surface area (Å²) in [6.45, 7) is 6.06. The molecule has 180 valence electrons. The maximum absolute atomic E-state index is 13.3. The predicted molar refractivity (Wildman–Crippen MR) is 140 cm³/mol. The molecule has 0 spiro atoms. The monoisotopic (exact) mass is 477 g/mol. The molecule has 4 nitrogen and oxygen atoms in total. The van der Waals surface area contributed by atoms with Gasteiger partial charge >= 0.3 is 0 Å². The molecule has 3 rings (SSSR count). The van der Waals surface area contributed by atoms with Gasteiger partial charge in [0.15, 0.2) is 0 Å². The Hall–Kier alpha value is -2.65.